The van der Waals surface area contributed by atoms with Gasteiger partial charge in [-0.25, -0.2) is 4.98 Å². The number of aryl methyl sites for hydroxylation is 2. The van der Waals surface area contributed by atoms with E-state index in [-0.39, 0.29) is 0 Å². The molecule has 1 aromatic heterocycles. The van der Waals surface area contributed by atoms with Crippen LogP contribution in [0.15, 0.2) is 22.7 Å². The van der Waals surface area contributed by atoms with Crippen LogP contribution in [-0.2, 0) is 12.8 Å². The van der Waals surface area contributed by atoms with Crippen LogP contribution in [0.3, 0.4) is 0 Å². The summed E-state index contributed by atoms with van der Waals surface area (Å²) in [4.78, 5) is 5.99. The highest BCUT2D eigenvalue weighted by atomic mass is 79.9. The number of benzene rings is 1. The van der Waals surface area contributed by atoms with E-state index in [0.717, 1.165) is 28.1 Å². The van der Waals surface area contributed by atoms with Gasteiger partial charge >= 0.3 is 0 Å². The first-order chi connectivity index (χ1) is 8.76. The maximum absolute atomic E-state index is 8.87. The number of nitriles is 1. The monoisotopic (exact) mass is 319 g/mol. The molecule has 1 aromatic carbocycles. The largest absolute Gasteiger partial charge is 0.332 e. The number of hydrogen-bond donors (Lipinski definition) is 1. The second-order valence-corrected chi connectivity index (χ2v) is 6.11. The minimum absolute atomic E-state index is 0.641. The average Bonchev–Trinajstić information content (AvgIpc) is 2.90. The summed E-state index contributed by atoms with van der Waals surface area (Å²) in [5, 5.41) is 13.1. The highest BCUT2D eigenvalue weighted by Gasteiger charge is 2.16. The van der Waals surface area contributed by atoms with Gasteiger partial charge in [-0.2, -0.15) is 5.26 Å². The molecule has 18 heavy (non-hydrogen) atoms. The minimum Gasteiger partial charge on any atom is -0.332 e. The summed E-state index contributed by atoms with van der Waals surface area (Å²) in [6.45, 7) is 0. The van der Waals surface area contributed by atoms with Crippen LogP contribution in [0.25, 0.3) is 0 Å². The van der Waals surface area contributed by atoms with E-state index in [1.807, 2.05) is 12.1 Å². The summed E-state index contributed by atoms with van der Waals surface area (Å²) in [6.07, 6.45) is 3.49. The first-order valence-electron chi connectivity index (χ1n) is 5.71. The molecule has 5 heteroatoms. The van der Waals surface area contributed by atoms with Crippen LogP contribution in [0.2, 0.25) is 0 Å². The number of halogens is 1. The molecule has 3 nitrogen and oxygen atoms in total. The van der Waals surface area contributed by atoms with Gasteiger partial charge in [0.05, 0.1) is 11.3 Å². The molecule has 0 spiro atoms. The fourth-order valence-corrected chi connectivity index (χ4v) is 3.59. The van der Waals surface area contributed by atoms with Crippen LogP contribution < -0.4 is 5.32 Å². The number of hydrogen-bond acceptors (Lipinski definition) is 4. The SMILES string of the molecule is N#Cc1ccc(Nc2nc3c(s2)CCC3)cc1Br. The van der Waals surface area contributed by atoms with Crippen molar-refractivity contribution < 1.29 is 0 Å². The van der Waals surface area contributed by atoms with E-state index >= 15 is 0 Å². The van der Waals surface area contributed by atoms with Gasteiger partial charge in [-0.3, -0.25) is 0 Å². The lowest BCUT2D eigenvalue weighted by molar-refractivity contribution is 0.900. The van der Waals surface area contributed by atoms with E-state index in [4.69, 9.17) is 5.26 Å². The van der Waals surface area contributed by atoms with Crippen molar-refractivity contribution in [2.45, 2.75) is 19.3 Å². The van der Waals surface area contributed by atoms with Crippen LogP contribution in [0.1, 0.15) is 22.6 Å². The Hall–Kier alpha value is -1.38. The van der Waals surface area contributed by atoms with E-state index in [2.05, 4.69) is 32.3 Å². The molecule has 3 rings (SSSR count). The predicted molar refractivity (Wildman–Crippen MR) is 76.3 cm³/mol. The molecule has 0 atom stereocenters. The van der Waals surface area contributed by atoms with Crippen molar-refractivity contribution in [2.75, 3.05) is 5.32 Å². The van der Waals surface area contributed by atoms with E-state index in [1.54, 1.807) is 17.4 Å². The summed E-state index contributed by atoms with van der Waals surface area (Å²) >= 11 is 5.12. The number of thiazole rings is 1. The van der Waals surface area contributed by atoms with Crippen molar-refractivity contribution in [2.24, 2.45) is 0 Å². The van der Waals surface area contributed by atoms with Gasteiger partial charge in [0.15, 0.2) is 5.13 Å². The molecule has 2 aromatic rings. The predicted octanol–water partition coefficient (Wildman–Crippen LogP) is 4.01. The van der Waals surface area contributed by atoms with Gasteiger partial charge in [0.1, 0.15) is 6.07 Å². The Morgan fingerprint density at radius 3 is 3.00 bits per heavy atom. The summed E-state index contributed by atoms with van der Waals surface area (Å²) < 4.78 is 0.805. The lowest BCUT2D eigenvalue weighted by atomic mass is 10.2. The Labute approximate surface area is 118 Å². The number of nitrogens with one attached hydrogen (secondary N) is 1. The van der Waals surface area contributed by atoms with Crippen molar-refractivity contribution in [3.05, 3.63) is 38.8 Å². The zero-order chi connectivity index (χ0) is 12.5. The Bertz CT molecular complexity index is 621. The van der Waals surface area contributed by atoms with Crippen molar-refractivity contribution in [1.82, 2.24) is 4.98 Å². The quantitative estimate of drug-likeness (QED) is 0.909. The zero-order valence-corrected chi connectivity index (χ0v) is 11.9. The number of anilines is 2. The highest BCUT2D eigenvalue weighted by molar-refractivity contribution is 9.10. The van der Waals surface area contributed by atoms with Crippen LogP contribution in [0.5, 0.6) is 0 Å². The smallest absolute Gasteiger partial charge is 0.187 e. The van der Waals surface area contributed by atoms with Crippen LogP contribution in [-0.4, -0.2) is 4.98 Å². The topological polar surface area (TPSA) is 48.7 Å². The van der Waals surface area contributed by atoms with Crippen LogP contribution in [0, 0.1) is 11.3 Å². The summed E-state index contributed by atoms with van der Waals surface area (Å²) in [7, 11) is 0. The van der Waals surface area contributed by atoms with Crippen molar-refractivity contribution in [3.8, 4) is 6.07 Å². The molecule has 1 N–H and O–H groups in total. The van der Waals surface area contributed by atoms with Gasteiger partial charge in [-0.15, -0.1) is 11.3 Å². The van der Waals surface area contributed by atoms with Gasteiger partial charge in [-0.05, 0) is 53.4 Å². The van der Waals surface area contributed by atoms with Gasteiger partial charge in [0.2, 0.25) is 0 Å². The molecule has 0 unspecified atom stereocenters. The van der Waals surface area contributed by atoms with E-state index in [9.17, 15) is 0 Å². The van der Waals surface area contributed by atoms with E-state index in [1.165, 1.54) is 17.0 Å². The maximum atomic E-state index is 8.87. The third-order valence-electron chi connectivity index (χ3n) is 2.94. The average molecular weight is 320 g/mol. The molecule has 0 fully saturated rings. The minimum atomic E-state index is 0.641. The second-order valence-electron chi connectivity index (χ2n) is 4.17. The summed E-state index contributed by atoms with van der Waals surface area (Å²) in [6, 6.07) is 7.74. The lowest BCUT2D eigenvalue weighted by Gasteiger charge is -2.04. The molecule has 1 heterocycles. The number of nitrogens with zero attached hydrogens (tertiary/aromatic N) is 2. The fraction of sp³-hybridized carbons (Fsp3) is 0.231. The van der Waals surface area contributed by atoms with Crippen LogP contribution >= 0.6 is 27.3 Å². The standard InChI is InChI=1S/C13H10BrN3S/c14-10-6-9(5-4-8(10)7-15)16-13-17-11-2-1-3-12(11)18-13/h4-6H,1-3H2,(H,16,17). The van der Waals surface area contributed by atoms with Crippen molar-refractivity contribution in [3.63, 3.8) is 0 Å². The van der Waals surface area contributed by atoms with Gasteiger partial charge in [0, 0.05) is 15.0 Å². The summed E-state index contributed by atoms with van der Waals surface area (Å²) in [5.74, 6) is 0. The molecule has 1 aliphatic rings. The lowest BCUT2D eigenvalue weighted by Crippen LogP contribution is -1.91. The summed E-state index contributed by atoms with van der Waals surface area (Å²) in [5.41, 5.74) is 2.84. The maximum Gasteiger partial charge on any atom is 0.187 e. The van der Waals surface area contributed by atoms with Crippen molar-refractivity contribution in [1.29, 1.82) is 5.26 Å². The Morgan fingerprint density at radius 2 is 2.28 bits per heavy atom. The first-order valence-corrected chi connectivity index (χ1v) is 7.32. The van der Waals surface area contributed by atoms with Gasteiger partial charge < -0.3 is 5.32 Å². The number of fused-ring (bicyclic) bond motifs is 1. The third-order valence-corrected chi connectivity index (χ3v) is 4.67. The molecular weight excluding hydrogens is 310 g/mol. The molecular formula is C13H10BrN3S. The Balaban J connectivity index is 1.84. The molecule has 0 aliphatic heterocycles. The highest BCUT2D eigenvalue weighted by Crippen LogP contribution is 2.32. The van der Waals surface area contributed by atoms with Crippen LogP contribution in [0.4, 0.5) is 10.8 Å². The molecule has 0 saturated carbocycles. The number of rotatable bonds is 2. The van der Waals surface area contributed by atoms with Gasteiger partial charge in [0.25, 0.3) is 0 Å². The van der Waals surface area contributed by atoms with Crippen molar-refractivity contribution >= 4 is 38.1 Å². The molecule has 0 radical (unpaired) electrons. The molecule has 1 aliphatic carbocycles. The second kappa shape index (κ2) is 4.71. The Morgan fingerprint density at radius 1 is 1.39 bits per heavy atom. The van der Waals surface area contributed by atoms with E-state index < -0.39 is 0 Å². The molecule has 0 saturated heterocycles. The molecule has 90 valence electrons. The molecule has 0 bridgehead atoms. The third kappa shape index (κ3) is 2.14. The number of aromatic nitrogens is 1. The van der Waals surface area contributed by atoms with Gasteiger partial charge in [-0.1, -0.05) is 0 Å². The zero-order valence-electron chi connectivity index (χ0n) is 9.53. The normalized spacial score (nSPS) is 13.1. The molecule has 0 amide bonds. The first kappa shape index (κ1) is 11.7. The fourth-order valence-electron chi connectivity index (χ4n) is 2.05. The van der Waals surface area contributed by atoms with E-state index in [0.29, 0.717) is 5.56 Å². The Kier molecular flexibility index (Phi) is 3.06.